The standard InChI is InChI=1S/C24H18ClFO5/c1-28-17-6-4-14(21(11-17)29-2)9-23-24(27)19-8-7-18(12-22(19)31-23)30-13-15-3-5-16(26)10-20(15)25/h3-12H,13H2,1-2H3. The minimum atomic E-state index is -0.411. The van der Waals surface area contributed by atoms with E-state index in [0.29, 0.717) is 39.7 Å². The van der Waals surface area contributed by atoms with Gasteiger partial charge in [0.2, 0.25) is 5.78 Å². The molecule has 7 heteroatoms. The van der Waals surface area contributed by atoms with Crippen molar-refractivity contribution in [1.29, 1.82) is 0 Å². The second-order valence-corrected chi connectivity index (χ2v) is 7.14. The molecule has 158 valence electrons. The molecule has 0 amide bonds. The van der Waals surface area contributed by atoms with Gasteiger partial charge in [-0.3, -0.25) is 4.79 Å². The predicted molar refractivity (Wildman–Crippen MR) is 115 cm³/mol. The number of ketones is 1. The van der Waals surface area contributed by atoms with Crippen molar-refractivity contribution in [2.45, 2.75) is 6.61 Å². The van der Waals surface area contributed by atoms with Crippen LogP contribution in [0.2, 0.25) is 5.02 Å². The van der Waals surface area contributed by atoms with E-state index >= 15 is 0 Å². The van der Waals surface area contributed by atoms with Crippen molar-refractivity contribution >= 4 is 23.5 Å². The van der Waals surface area contributed by atoms with Crippen LogP contribution in [-0.4, -0.2) is 20.0 Å². The first-order chi connectivity index (χ1) is 15.0. The number of fused-ring (bicyclic) bond motifs is 1. The molecule has 0 unspecified atom stereocenters. The molecule has 5 nitrogen and oxygen atoms in total. The lowest BCUT2D eigenvalue weighted by molar-refractivity contribution is 0.101. The van der Waals surface area contributed by atoms with Gasteiger partial charge in [0.05, 0.1) is 24.8 Å². The lowest BCUT2D eigenvalue weighted by Gasteiger charge is -2.09. The third-order valence-electron chi connectivity index (χ3n) is 4.78. The Morgan fingerprint density at radius 1 is 1.00 bits per heavy atom. The summed E-state index contributed by atoms with van der Waals surface area (Å²) in [6.45, 7) is 0.150. The average Bonchev–Trinajstić information content (AvgIpc) is 3.08. The molecule has 3 aromatic rings. The van der Waals surface area contributed by atoms with E-state index in [1.54, 1.807) is 62.8 Å². The van der Waals surface area contributed by atoms with Gasteiger partial charge in [-0.25, -0.2) is 4.39 Å². The molecule has 0 spiro atoms. The fraction of sp³-hybridized carbons (Fsp3) is 0.125. The monoisotopic (exact) mass is 440 g/mol. The number of hydrogen-bond donors (Lipinski definition) is 0. The Bertz CT molecular complexity index is 1190. The van der Waals surface area contributed by atoms with E-state index in [2.05, 4.69) is 0 Å². The number of carbonyl (C=O) groups excluding carboxylic acids is 1. The van der Waals surface area contributed by atoms with Gasteiger partial charge in [-0.1, -0.05) is 17.7 Å². The van der Waals surface area contributed by atoms with Crippen molar-refractivity contribution in [3.05, 3.63) is 87.9 Å². The zero-order valence-electron chi connectivity index (χ0n) is 16.8. The highest BCUT2D eigenvalue weighted by atomic mass is 35.5. The summed E-state index contributed by atoms with van der Waals surface area (Å²) < 4.78 is 35.3. The summed E-state index contributed by atoms with van der Waals surface area (Å²) >= 11 is 6.03. The lowest BCUT2D eigenvalue weighted by atomic mass is 10.1. The third-order valence-corrected chi connectivity index (χ3v) is 5.13. The Morgan fingerprint density at radius 3 is 2.55 bits per heavy atom. The largest absolute Gasteiger partial charge is 0.497 e. The van der Waals surface area contributed by atoms with Crippen molar-refractivity contribution in [2.24, 2.45) is 0 Å². The van der Waals surface area contributed by atoms with Gasteiger partial charge in [0.1, 0.15) is 35.4 Å². The van der Waals surface area contributed by atoms with E-state index in [1.807, 2.05) is 0 Å². The molecule has 0 bridgehead atoms. The van der Waals surface area contributed by atoms with Crippen molar-refractivity contribution < 1.29 is 28.1 Å². The van der Waals surface area contributed by atoms with Gasteiger partial charge in [0, 0.05) is 23.3 Å². The first-order valence-electron chi connectivity index (χ1n) is 9.35. The molecule has 0 aromatic heterocycles. The van der Waals surface area contributed by atoms with Crippen LogP contribution in [0.15, 0.2) is 60.4 Å². The molecule has 0 atom stereocenters. The maximum Gasteiger partial charge on any atom is 0.231 e. The number of methoxy groups -OCH3 is 2. The van der Waals surface area contributed by atoms with Crippen molar-refractivity contribution in [3.63, 3.8) is 0 Å². The van der Waals surface area contributed by atoms with Gasteiger partial charge in [-0.05, 0) is 42.5 Å². The van der Waals surface area contributed by atoms with Gasteiger partial charge in [-0.15, -0.1) is 0 Å². The molecular formula is C24H18ClFO5. The van der Waals surface area contributed by atoms with Crippen molar-refractivity contribution in [1.82, 2.24) is 0 Å². The smallest absolute Gasteiger partial charge is 0.231 e. The topological polar surface area (TPSA) is 54.0 Å². The predicted octanol–water partition coefficient (Wildman–Crippen LogP) is 5.69. The molecular weight excluding hydrogens is 423 g/mol. The summed E-state index contributed by atoms with van der Waals surface area (Å²) in [5.41, 5.74) is 1.76. The number of hydrogen-bond acceptors (Lipinski definition) is 5. The molecule has 0 aliphatic carbocycles. The number of carbonyl (C=O) groups is 1. The van der Waals surface area contributed by atoms with Crippen LogP contribution >= 0.6 is 11.6 Å². The Balaban J connectivity index is 1.53. The van der Waals surface area contributed by atoms with Gasteiger partial charge in [0.25, 0.3) is 0 Å². The molecule has 0 fully saturated rings. The normalized spacial score (nSPS) is 13.7. The minimum Gasteiger partial charge on any atom is -0.497 e. The van der Waals surface area contributed by atoms with E-state index < -0.39 is 5.82 Å². The Labute approximate surface area is 183 Å². The molecule has 4 rings (SSSR count). The molecule has 0 saturated carbocycles. The number of allylic oxidation sites excluding steroid dienone is 1. The molecule has 3 aromatic carbocycles. The lowest BCUT2D eigenvalue weighted by Crippen LogP contribution is -1.99. The van der Waals surface area contributed by atoms with E-state index in [9.17, 15) is 9.18 Å². The number of rotatable bonds is 6. The summed E-state index contributed by atoms with van der Waals surface area (Å²) in [5.74, 6) is 1.62. The van der Waals surface area contributed by atoms with Crippen LogP contribution in [0.1, 0.15) is 21.5 Å². The second kappa shape index (κ2) is 8.70. The van der Waals surface area contributed by atoms with E-state index in [0.717, 1.165) is 0 Å². The first-order valence-corrected chi connectivity index (χ1v) is 9.73. The molecule has 0 N–H and O–H groups in total. The zero-order valence-corrected chi connectivity index (χ0v) is 17.5. The zero-order chi connectivity index (χ0) is 22.0. The number of halogens is 2. The van der Waals surface area contributed by atoms with Crippen LogP contribution in [0.3, 0.4) is 0 Å². The molecule has 1 heterocycles. The van der Waals surface area contributed by atoms with Gasteiger partial charge in [-0.2, -0.15) is 0 Å². The Morgan fingerprint density at radius 2 is 1.81 bits per heavy atom. The Hall–Kier alpha value is -3.51. The minimum absolute atomic E-state index is 0.150. The summed E-state index contributed by atoms with van der Waals surface area (Å²) in [6.07, 6.45) is 1.62. The van der Waals surface area contributed by atoms with Gasteiger partial charge >= 0.3 is 0 Å². The van der Waals surface area contributed by atoms with Gasteiger partial charge in [0.15, 0.2) is 5.76 Å². The van der Waals surface area contributed by atoms with Crippen LogP contribution in [0.5, 0.6) is 23.0 Å². The van der Waals surface area contributed by atoms with E-state index in [-0.39, 0.29) is 23.2 Å². The summed E-state index contributed by atoms with van der Waals surface area (Å²) in [5, 5.41) is 0.284. The van der Waals surface area contributed by atoms with Crippen LogP contribution in [0, 0.1) is 5.82 Å². The molecule has 31 heavy (non-hydrogen) atoms. The molecule has 0 radical (unpaired) electrons. The Kier molecular flexibility index (Phi) is 5.82. The van der Waals surface area contributed by atoms with Crippen LogP contribution < -0.4 is 18.9 Å². The van der Waals surface area contributed by atoms with Gasteiger partial charge < -0.3 is 18.9 Å². The molecule has 1 aliphatic rings. The maximum atomic E-state index is 13.2. The second-order valence-electron chi connectivity index (χ2n) is 6.73. The highest BCUT2D eigenvalue weighted by Gasteiger charge is 2.28. The van der Waals surface area contributed by atoms with Crippen LogP contribution in [-0.2, 0) is 6.61 Å². The molecule has 1 aliphatic heterocycles. The number of benzene rings is 3. The summed E-state index contributed by atoms with van der Waals surface area (Å²) in [4.78, 5) is 12.7. The number of ether oxygens (including phenoxy) is 4. The highest BCUT2D eigenvalue weighted by Crippen LogP contribution is 2.36. The van der Waals surface area contributed by atoms with Crippen LogP contribution in [0.4, 0.5) is 4.39 Å². The van der Waals surface area contributed by atoms with E-state index in [1.165, 1.54) is 12.1 Å². The third kappa shape index (κ3) is 4.34. The first kappa shape index (κ1) is 20.8. The average molecular weight is 441 g/mol. The fourth-order valence-electron chi connectivity index (χ4n) is 3.14. The summed E-state index contributed by atoms with van der Waals surface area (Å²) in [7, 11) is 3.11. The van der Waals surface area contributed by atoms with E-state index in [4.69, 9.17) is 30.5 Å². The highest BCUT2D eigenvalue weighted by molar-refractivity contribution is 6.31. The SMILES string of the molecule is COc1ccc(C=C2Oc3cc(OCc4ccc(F)cc4Cl)ccc3C2=O)c(OC)c1. The summed E-state index contributed by atoms with van der Waals surface area (Å²) in [6, 6.07) is 14.4. The van der Waals surface area contributed by atoms with Crippen molar-refractivity contribution in [2.75, 3.05) is 14.2 Å². The van der Waals surface area contributed by atoms with Crippen molar-refractivity contribution in [3.8, 4) is 23.0 Å². The number of Topliss-reactive ketones (excluding diaryl/α,β-unsaturated/α-hetero) is 1. The maximum absolute atomic E-state index is 13.2. The van der Waals surface area contributed by atoms with Crippen LogP contribution in [0.25, 0.3) is 6.08 Å². The fourth-order valence-corrected chi connectivity index (χ4v) is 3.36. The quantitative estimate of drug-likeness (QED) is 0.461. The molecule has 0 saturated heterocycles.